The van der Waals surface area contributed by atoms with Crippen LogP contribution in [-0.2, 0) is 6.18 Å². The average Bonchev–Trinajstić information content (AvgIpc) is 3.03. The fraction of sp³-hybridized carbons (Fsp3) is 0.0526. The van der Waals surface area contributed by atoms with Crippen molar-refractivity contribution in [1.82, 2.24) is 19.5 Å². The van der Waals surface area contributed by atoms with Crippen LogP contribution in [0.15, 0.2) is 53.3 Å². The summed E-state index contributed by atoms with van der Waals surface area (Å²) in [6, 6.07) is 10.4. The lowest BCUT2D eigenvalue weighted by atomic mass is 10.1. The van der Waals surface area contributed by atoms with Crippen LogP contribution >= 0.6 is 11.6 Å². The second-order valence-corrected chi connectivity index (χ2v) is 6.71. The summed E-state index contributed by atoms with van der Waals surface area (Å²) in [4.78, 5) is 35.3. The van der Waals surface area contributed by atoms with E-state index in [0.717, 1.165) is 12.1 Å². The van der Waals surface area contributed by atoms with Crippen molar-refractivity contribution in [3.63, 3.8) is 0 Å². The first-order valence-electron chi connectivity index (χ1n) is 8.41. The third-order valence-electron chi connectivity index (χ3n) is 4.33. The molecule has 2 aromatic carbocycles. The Hall–Kier alpha value is -3.66. The number of imidazole rings is 1. The molecule has 0 unspecified atom stereocenters. The van der Waals surface area contributed by atoms with Gasteiger partial charge in [0.2, 0.25) is 0 Å². The number of fused-ring (bicyclic) bond motifs is 1. The molecular formula is C19H11ClF3N5O2. The van der Waals surface area contributed by atoms with Crippen LogP contribution < -0.4 is 11.4 Å². The molecule has 0 aliphatic carbocycles. The van der Waals surface area contributed by atoms with Crippen LogP contribution in [0.25, 0.3) is 28.2 Å². The van der Waals surface area contributed by atoms with E-state index in [1.807, 2.05) is 0 Å². The van der Waals surface area contributed by atoms with Gasteiger partial charge < -0.3 is 10.7 Å². The summed E-state index contributed by atoms with van der Waals surface area (Å²) >= 11 is 5.89. The Morgan fingerprint density at radius 2 is 1.67 bits per heavy atom. The maximum atomic E-state index is 12.8. The number of carbonyl (C=O) groups excluding carboxylic acids is 1. The van der Waals surface area contributed by atoms with Gasteiger partial charge in [0.05, 0.1) is 11.3 Å². The Labute approximate surface area is 170 Å². The van der Waals surface area contributed by atoms with E-state index < -0.39 is 23.3 Å². The number of nitrogens with one attached hydrogen (secondary N) is 1. The third kappa shape index (κ3) is 3.41. The lowest BCUT2D eigenvalue weighted by Gasteiger charge is -2.09. The molecule has 152 valence electrons. The molecule has 0 aliphatic rings. The van der Waals surface area contributed by atoms with Gasteiger partial charge >= 0.3 is 11.9 Å². The number of amides is 1. The van der Waals surface area contributed by atoms with Crippen LogP contribution in [0.4, 0.5) is 13.2 Å². The number of carbonyl (C=O) groups is 1. The van der Waals surface area contributed by atoms with Crippen LogP contribution in [0.2, 0.25) is 5.02 Å². The lowest BCUT2D eigenvalue weighted by Crippen LogP contribution is -2.15. The van der Waals surface area contributed by atoms with E-state index in [2.05, 4.69) is 15.0 Å². The average molecular weight is 434 g/mol. The van der Waals surface area contributed by atoms with E-state index in [1.54, 1.807) is 24.3 Å². The van der Waals surface area contributed by atoms with Gasteiger partial charge in [-0.05, 0) is 36.4 Å². The van der Waals surface area contributed by atoms with E-state index >= 15 is 0 Å². The highest BCUT2D eigenvalue weighted by atomic mass is 35.5. The molecule has 0 fully saturated rings. The van der Waals surface area contributed by atoms with Gasteiger partial charge in [-0.3, -0.25) is 4.79 Å². The van der Waals surface area contributed by atoms with Gasteiger partial charge in [0.1, 0.15) is 5.52 Å². The number of hydrogen-bond donors (Lipinski definition) is 2. The van der Waals surface area contributed by atoms with Crippen LogP contribution in [0.5, 0.6) is 0 Å². The van der Waals surface area contributed by atoms with E-state index in [0.29, 0.717) is 10.7 Å². The van der Waals surface area contributed by atoms with Crippen molar-refractivity contribution in [1.29, 1.82) is 0 Å². The number of H-pyrrole nitrogens is 1. The van der Waals surface area contributed by atoms with E-state index in [-0.39, 0.29) is 28.2 Å². The molecule has 7 nitrogen and oxygen atoms in total. The molecule has 0 aliphatic heterocycles. The quantitative estimate of drug-likeness (QED) is 0.515. The van der Waals surface area contributed by atoms with Crippen molar-refractivity contribution in [3.8, 4) is 17.1 Å². The molecule has 2 heterocycles. The number of hydrogen-bond acceptors (Lipinski definition) is 4. The first-order valence-corrected chi connectivity index (χ1v) is 8.79. The Morgan fingerprint density at radius 1 is 1.03 bits per heavy atom. The van der Waals surface area contributed by atoms with Gasteiger partial charge in [-0.1, -0.05) is 23.7 Å². The predicted molar refractivity (Wildman–Crippen MR) is 103 cm³/mol. The number of primary amides is 1. The lowest BCUT2D eigenvalue weighted by molar-refractivity contribution is -0.137. The molecule has 1 amide bonds. The van der Waals surface area contributed by atoms with Crippen molar-refractivity contribution >= 4 is 28.7 Å². The molecule has 4 rings (SSSR count). The molecular weight excluding hydrogens is 423 g/mol. The summed E-state index contributed by atoms with van der Waals surface area (Å²) in [5, 5.41) is 0.449. The van der Waals surface area contributed by atoms with Crippen LogP contribution in [-0.4, -0.2) is 25.4 Å². The highest BCUT2D eigenvalue weighted by Gasteiger charge is 2.30. The summed E-state index contributed by atoms with van der Waals surface area (Å²) in [6.45, 7) is 0. The maximum Gasteiger partial charge on any atom is 0.416 e. The summed E-state index contributed by atoms with van der Waals surface area (Å²) in [7, 11) is 0. The Bertz CT molecular complexity index is 1330. The molecule has 2 aromatic heterocycles. The highest BCUT2D eigenvalue weighted by Crippen LogP contribution is 2.31. The van der Waals surface area contributed by atoms with E-state index in [4.69, 9.17) is 17.3 Å². The number of halogens is 4. The largest absolute Gasteiger partial charge is 0.416 e. The van der Waals surface area contributed by atoms with Crippen molar-refractivity contribution in [2.45, 2.75) is 6.18 Å². The minimum Gasteiger partial charge on any atom is -0.364 e. The van der Waals surface area contributed by atoms with Gasteiger partial charge in [0, 0.05) is 10.6 Å². The van der Waals surface area contributed by atoms with Crippen molar-refractivity contribution in [2.75, 3.05) is 0 Å². The number of aromatic nitrogens is 4. The molecule has 0 saturated heterocycles. The molecule has 0 atom stereocenters. The normalized spacial score (nSPS) is 11.7. The maximum absolute atomic E-state index is 12.8. The summed E-state index contributed by atoms with van der Waals surface area (Å²) in [5.74, 6) is -0.994. The van der Waals surface area contributed by atoms with Gasteiger partial charge in [-0.15, -0.1) is 0 Å². The molecule has 0 spiro atoms. The zero-order valence-electron chi connectivity index (χ0n) is 14.9. The van der Waals surface area contributed by atoms with Crippen molar-refractivity contribution < 1.29 is 18.0 Å². The van der Waals surface area contributed by atoms with Crippen molar-refractivity contribution in [2.24, 2.45) is 5.73 Å². The standard InChI is InChI=1S/C19H11ClF3N5O2/c20-11-5-7-12(8-6-11)28-17-14(26-18(28)30)13(15(24)29)25-16(27-17)9-1-3-10(4-2-9)19(21,22)23/h1-8H,(H2,24,29)(H,26,30). The molecule has 0 bridgehead atoms. The molecule has 0 radical (unpaired) electrons. The smallest absolute Gasteiger partial charge is 0.364 e. The second-order valence-electron chi connectivity index (χ2n) is 6.28. The number of nitrogens with two attached hydrogens (primary N) is 1. The van der Waals surface area contributed by atoms with Gasteiger partial charge in [-0.2, -0.15) is 13.2 Å². The first kappa shape index (κ1) is 19.6. The van der Waals surface area contributed by atoms with Crippen LogP contribution in [0.1, 0.15) is 16.1 Å². The SMILES string of the molecule is NC(=O)c1nc(-c2ccc(C(F)(F)F)cc2)nc2c1[nH]c(=O)n2-c1ccc(Cl)cc1. The number of benzene rings is 2. The molecule has 30 heavy (non-hydrogen) atoms. The molecule has 3 N–H and O–H groups in total. The zero-order valence-corrected chi connectivity index (χ0v) is 15.6. The van der Waals surface area contributed by atoms with E-state index in [9.17, 15) is 22.8 Å². The highest BCUT2D eigenvalue weighted by molar-refractivity contribution is 6.30. The monoisotopic (exact) mass is 433 g/mol. The predicted octanol–water partition coefficient (Wildman–Crippen LogP) is 3.55. The number of nitrogens with zero attached hydrogens (tertiary/aromatic N) is 3. The zero-order chi connectivity index (χ0) is 21.6. The van der Waals surface area contributed by atoms with Gasteiger partial charge in [0.25, 0.3) is 5.91 Å². The summed E-state index contributed by atoms with van der Waals surface area (Å²) < 4.78 is 39.7. The van der Waals surface area contributed by atoms with Crippen molar-refractivity contribution in [3.05, 3.63) is 75.3 Å². The third-order valence-corrected chi connectivity index (χ3v) is 4.58. The molecule has 4 aromatic rings. The molecule has 11 heteroatoms. The Kier molecular flexibility index (Phi) is 4.58. The number of alkyl halides is 3. The topological polar surface area (TPSA) is 107 Å². The summed E-state index contributed by atoms with van der Waals surface area (Å²) in [6.07, 6.45) is -4.50. The molecule has 0 saturated carbocycles. The first-order chi connectivity index (χ1) is 14.1. The van der Waals surface area contributed by atoms with Crippen LogP contribution in [0, 0.1) is 0 Å². The number of aromatic amines is 1. The minimum atomic E-state index is -4.50. The Morgan fingerprint density at radius 3 is 2.23 bits per heavy atom. The van der Waals surface area contributed by atoms with Gasteiger partial charge in [-0.25, -0.2) is 19.3 Å². The van der Waals surface area contributed by atoms with Crippen LogP contribution in [0.3, 0.4) is 0 Å². The second kappa shape index (κ2) is 6.99. The Balaban J connectivity index is 1.96. The fourth-order valence-electron chi connectivity index (χ4n) is 2.93. The minimum absolute atomic E-state index is 0.0121. The number of rotatable bonds is 3. The summed E-state index contributed by atoms with van der Waals surface area (Å²) in [5.41, 5.74) is 4.36. The van der Waals surface area contributed by atoms with E-state index in [1.165, 1.54) is 16.7 Å². The van der Waals surface area contributed by atoms with Gasteiger partial charge in [0.15, 0.2) is 17.2 Å². The fourth-order valence-corrected chi connectivity index (χ4v) is 3.06.